The molecule has 2 aromatic rings. The van der Waals surface area contributed by atoms with E-state index in [1.165, 1.54) is 40.7 Å². The molecule has 1 fully saturated rings. The minimum Gasteiger partial charge on any atom is -0.324 e. The van der Waals surface area contributed by atoms with E-state index < -0.39 is 26.8 Å². The van der Waals surface area contributed by atoms with Gasteiger partial charge in [0.05, 0.1) is 15.9 Å². The number of piperazine rings is 1. The van der Waals surface area contributed by atoms with Crippen LogP contribution in [0.4, 0.5) is 15.8 Å². The fourth-order valence-electron chi connectivity index (χ4n) is 3.22. The van der Waals surface area contributed by atoms with E-state index in [-0.39, 0.29) is 29.6 Å². The van der Waals surface area contributed by atoms with Crippen LogP contribution in [0.1, 0.15) is 6.92 Å². The van der Waals surface area contributed by atoms with Gasteiger partial charge in [0.15, 0.2) is 0 Å². The molecule has 1 unspecified atom stereocenters. The fraction of sp³-hybridized carbons (Fsp3) is 0.316. The number of anilines is 1. The van der Waals surface area contributed by atoms with Crippen molar-refractivity contribution < 1.29 is 22.5 Å². The smallest absolute Gasteiger partial charge is 0.271 e. The molecule has 1 atom stereocenters. The molecule has 0 saturated carbocycles. The van der Waals surface area contributed by atoms with Crippen LogP contribution in [0.2, 0.25) is 0 Å². The number of rotatable bonds is 6. The summed E-state index contributed by atoms with van der Waals surface area (Å²) >= 11 is 0. The largest absolute Gasteiger partial charge is 0.324 e. The minimum atomic E-state index is -3.81. The van der Waals surface area contributed by atoms with Crippen LogP contribution in [0.15, 0.2) is 53.4 Å². The van der Waals surface area contributed by atoms with Gasteiger partial charge in [0.2, 0.25) is 15.9 Å². The molecule has 160 valence electrons. The Hall–Kier alpha value is -2.89. The Morgan fingerprint density at radius 1 is 1.13 bits per heavy atom. The van der Waals surface area contributed by atoms with Crippen molar-refractivity contribution in [3.05, 3.63) is 64.5 Å². The number of nitrogens with one attached hydrogen (secondary N) is 1. The summed E-state index contributed by atoms with van der Waals surface area (Å²) < 4.78 is 40.0. The van der Waals surface area contributed by atoms with Crippen molar-refractivity contribution in [1.29, 1.82) is 0 Å². The van der Waals surface area contributed by atoms with Crippen molar-refractivity contribution in [2.45, 2.75) is 17.9 Å². The van der Waals surface area contributed by atoms with Crippen molar-refractivity contribution >= 4 is 27.3 Å². The second kappa shape index (κ2) is 8.86. The van der Waals surface area contributed by atoms with Crippen molar-refractivity contribution in [1.82, 2.24) is 9.21 Å². The highest BCUT2D eigenvalue weighted by atomic mass is 32.2. The molecule has 1 N–H and O–H groups in total. The van der Waals surface area contributed by atoms with Gasteiger partial charge in [-0.1, -0.05) is 12.1 Å². The van der Waals surface area contributed by atoms with Crippen molar-refractivity contribution in [2.24, 2.45) is 0 Å². The van der Waals surface area contributed by atoms with E-state index in [0.717, 1.165) is 6.07 Å². The highest BCUT2D eigenvalue weighted by Gasteiger charge is 2.32. The molecule has 0 aliphatic carbocycles. The zero-order chi connectivity index (χ0) is 21.9. The van der Waals surface area contributed by atoms with Gasteiger partial charge >= 0.3 is 0 Å². The monoisotopic (exact) mass is 436 g/mol. The first-order chi connectivity index (χ1) is 14.2. The number of nitro groups is 1. The Balaban J connectivity index is 1.61. The third-order valence-electron chi connectivity index (χ3n) is 4.96. The lowest BCUT2D eigenvalue weighted by Crippen LogP contribution is -2.53. The number of hydrogen-bond acceptors (Lipinski definition) is 6. The van der Waals surface area contributed by atoms with Gasteiger partial charge in [0.1, 0.15) is 5.82 Å². The fourth-order valence-corrected chi connectivity index (χ4v) is 4.67. The maximum absolute atomic E-state index is 13.4. The van der Waals surface area contributed by atoms with Crippen LogP contribution in [0, 0.1) is 15.9 Å². The first-order valence-corrected chi connectivity index (χ1v) is 10.7. The Labute approximate surface area is 173 Å². The third kappa shape index (κ3) is 4.81. The molecule has 30 heavy (non-hydrogen) atoms. The maximum Gasteiger partial charge on any atom is 0.271 e. The zero-order valence-electron chi connectivity index (χ0n) is 16.2. The topological polar surface area (TPSA) is 113 Å². The first kappa shape index (κ1) is 21.8. The lowest BCUT2D eigenvalue weighted by atomic mass is 10.2. The molecule has 0 spiro atoms. The minimum absolute atomic E-state index is 0.104. The van der Waals surface area contributed by atoms with Gasteiger partial charge in [-0.05, 0) is 31.2 Å². The zero-order valence-corrected chi connectivity index (χ0v) is 17.0. The van der Waals surface area contributed by atoms with E-state index in [4.69, 9.17) is 0 Å². The Bertz CT molecular complexity index is 1050. The van der Waals surface area contributed by atoms with Crippen LogP contribution in [0.5, 0.6) is 0 Å². The summed E-state index contributed by atoms with van der Waals surface area (Å²) in [5.74, 6) is -0.974. The SMILES string of the molecule is CC(C(=O)Nc1cccc([N+](=O)[O-])c1)N1CCN(S(=O)(=O)c2cccc(F)c2)CC1. The Morgan fingerprint density at radius 2 is 1.80 bits per heavy atom. The number of benzene rings is 2. The second-order valence-electron chi connectivity index (χ2n) is 6.87. The van der Waals surface area contributed by atoms with Gasteiger partial charge in [-0.2, -0.15) is 4.31 Å². The van der Waals surface area contributed by atoms with Gasteiger partial charge in [0, 0.05) is 44.0 Å². The van der Waals surface area contributed by atoms with Crippen LogP contribution in [0.25, 0.3) is 0 Å². The molecule has 3 rings (SSSR count). The van der Waals surface area contributed by atoms with Crippen LogP contribution in [0.3, 0.4) is 0 Å². The van der Waals surface area contributed by atoms with E-state index >= 15 is 0 Å². The lowest BCUT2D eigenvalue weighted by molar-refractivity contribution is -0.384. The molecule has 9 nitrogen and oxygen atoms in total. The number of sulfonamides is 1. The average molecular weight is 436 g/mol. The molecular weight excluding hydrogens is 415 g/mol. The first-order valence-electron chi connectivity index (χ1n) is 9.23. The number of carbonyl (C=O) groups is 1. The normalized spacial score (nSPS) is 16.7. The number of carbonyl (C=O) groups excluding carboxylic acids is 1. The molecule has 0 aromatic heterocycles. The number of non-ortho nitro benzene ring substituents is 1. The Kier molecular flexibility index (Phi) is 6.44. The van der Waals surface area contributed by atoms with Crippen molar-refractivity contribution in [2.75, 3.05) is 31.5 Å². The number of hydrogen-bond donors (Lipinski definition) is 1. The third-order valence-corrected chi connectivity index (χ3v) is 6.85. The summed E-state index contributed by atoms with van der Waals surface area (Å²) in [5, 5.41) is 13.5. The summed E-state index contributed by atoms with van der Waals surface area (Å²) in [6.45, 7) is 2.64. The van der Waals surface area contributed by atoms with Gasteiger partial charge in [-0.25, -0.2) is 12.8 Å². The van der Waals surface area contributed by atoms with E-state index in [0.29, 0.717) is 18.8 Å². The summed E-state index contributed by atoms with van der Waals surface area (Å²) in [7, 11) is -3.81. The molecule has 0 radical (unpaired) electrons. The maximum atomic E-state index is 13.4. The average Bonchev–Trinajstić information content (AvgIpc) is 2.73. The van der Waals surface area contributed by atoms with Gasteiger partial charge in [0.25, 0.3) is 5.69 Å². The van der Waals surface area contributed by atoms with E-state index in [1.54, 1.807) is 13.0 Å². The molecule has 1 heterocycles. The summed E-state index contributed by atoms with van der Waals surface area (Å²) in [4.78, 5) is 24.6. The molecule has 1 aliphatic rings. The number of amides is 1. The summed E-state index contributed by atoms with van der Waals surface area (Å²) in [5.41, 5.74) is 0.185. The molecule has 11 heteroatoms. The molecule has 1 saturated heterocycles. The van der Waals surface area contributed by atoms with Crippen LogP contribution in [-0.2, 0) is 14.8 Å². The lowest BCUT2D eigenvalue weighted by Gasteiger charge is -2.36. The van der Waals surface area contributed by atoms with Crippen molar-refractivity contribution in [3.63, 3.8) is 0 Å². The molecule has 2 aromatic carbocycles. The summed E-state index contributed by atoms with van der Waals surface area (Å²) in [6, 6.07) is 9.93. The standard InChI is InChI=1S/C19H21FN4O5S/c1-14(19(25)21-16-5-3-6-17(13-16)24(26)27)22-8-10-23(11-9-22)30(28,29)18-7-2-4-15(20)12-18/h2-7,12-14H,8-11H2,1H3,(H,21,25). The highest BCUT2D eigenvalue weighted by molar-refractivity contribution is 7.89. The summed E-state index contributed by atoms with van der Waals surface area (Å²) in [6.07, 6.45) is 0. The number of nitrogens with zero attached hydrogens (tertiary/aromatic N) is 3. The molecular formula is C19H21FN4O5S. The Morgan fingerprint density at radius 3 is 2.43 bits per heavy atom. The van der Waals surface area contributed by atoms with Crippen LogP contribution in [-0.4, -0.2) is 60.7 Å². The second-order valence-corrected chi connectivity index (χ2v) is 8.81. The van der Waals surface area contributed by atoms with Crippen molar-refractivity contribution in [3.8, 4) is 0 Å². The highest BCUT2D eigenvalue weighted by Crippen LogP contribution is 2.20. The van der Waals surface area contributed by atoms with Crippen LogP contribution < -0.4 is 5.32 Å². The van der Waals surface area contributed by atoms with Crippen LogP contribution >= 0.6 is 0 Å². The molecule has 1 aliphatic heterocycles. The molecule has 1 amide bonds. The molecule has 0 bridgehead atoms. The van der Waals surface area contributed by atoms with Gasteiger partial charge in [-0.15, -0.1) is 0 Å². The number of halogens is 1. The van der Waals surface area contributed by atoms with Gasteiger partial charge in [-0.3, -0.25) is 19.8 Å². The predicted molar refractivity (Wildman–Crippen MR) is 108 cm³/mol. The van der Waals surface area contributed by atoms with E-state index in [2.05, 4.69) is 5.32 Å². The predicted octanol–water partition coefficient (Wildman–Crippen LogP) is 2.07. The quantitative estimate of drug-likeness (QED) is 0.548. The van der Waals surface area contributed by atoms with Gasteiger partial charge < -0.3 is 5.32 Å². The van der Waals surface area contributed by atoms with E-state index in [9.17, 15) is 27.7 Å². The van der Waals surface area contributed by atoms with E-state index in [1.807, 2.05) is 4.90 Å². The number of nitro benzene ring substituents is 1.